The highest BCUT2D eigenvalue weighted by Gasteiger charge is 2.44. The lowest BCUT2D eigenvalue weighted by atomic mass is 9.99. The van der Waals surface area contributed by atoms with E-state index in [-0.39, 0.29) is 5.78 Å². The summed E-state index contributed by atoms with van der Waals surface area (Å²) in [4.78, 5) is 11.2. The fourth-order valence-electron chi connectivity index (χ4n) is 2.07. The molecule has 1 aliphatic rings. The van der Waals surface area contributed by atoms with E-state index in [1.54, 1.807) is 12.1 Å². The third-order valence-electron chi connectivity index (χ3n) is 3.36. The van der Waals surface area contributed by atoms with E-state index in [0.717, 1.165) is 0 Å². The molecule has 1 aliphatic heterocycles. The predicted octanol–water partition coefficient (Wildman–Crippen LogP) is -0.932. The van der Waals surface area contributed by atoms with Crippen LogP contribution in [0.1, 0.15) is 17.3 Å². The molecule has 2 rings (SSSR count). The maximum atomic E-state index is 11.2. The van der Waals surface area contributed by atoms with Gasteiger partial charge in [0.05, 0.1) is 6.61 Å². The molecular weight excluding hydrogens is 280 g/mol. The molecule has 0 saturated carbocycles. The second kappa shape index (κ2) is 6.50. The van der Waals surface area contributed by atoms with Crippen LogP contribution in [0.4, 0.5) is 0 Å². The van der Waals surface area contributed by atoms with Crippen LogP contribution >= 0.6 is 0 Å². The molecule has 7 heteroatoms. The maximum Gasteiger partial charge on any atom is 0.229 e. The minimum Gasteiger partial charge on any atom is -0.462 e. The number of carbonyl (C=O) groups is 1. The topological polar surface area (TPSA) is 116 Å². The van der Waals surface area contributed by atoms with E-state index < -0.39 is 37.3 Å². The molecule has 1 aromatic rings. The van der Waals surface area contributed by atoms with Gasteiger partial charge in [-0.25, -0.2) is 0 Å². The Bertz CT molecular complexity index is 485. The Labute approximate surface area is 121 Å². The van der Waals surface area contributed by atoms with Gasteiger partial charge in [0.1, 0.15) is 30.2 Å². The summed E-state index contributed by atoms with van der Waals surface area (Å²) in [6, 6.07) is 6.17. The molecule has 116 valence electrons. The molecule has 21 heavy (non-hydrogen) atoms. The highest BCUT2D eigenvalue weighted by Crippen LogP contribution is 2.24. The number of ether oxygens (including phenoxy) is 2. The average molecular weight is 298 g/mol. The number of hydrogen-bond donors (Lipinski definition) is 4. The number of aliphatic hydroxyl groups is 4. The van der Waals surface area contributed by atoms with Gasteiger partial charge in [-0.05, 0) is 31.2 Å². The minimum atomic E-state index is -1.49. The molecule has 1 aromatic carbocycles. The summed E-state index contributed by atoms with van der Waals surface area (Å²) in [5, 5.41) is 38.2. The fourth-order valence-corrected chi connectivity index (χ4v) is 2.07. The van der Waals surface area contributed by atoms with Gasteiger partial charge in [-0.15, -0.1) is 0 Å². The van der Waals surface area contributed by atoms with E-state index in [2.05, 4.69) is 0 Å². The molecule has 1 heterocycles. The zero-order chi connectivity index (χ0) is 15.6. The second-order valence-electron chi connectivity index (χ2n) is 4.90. The van der Waals surface area contributed by atoms with Crippen molar-refractivity contribution in [1.82, 2.24) is 0 Å². The Morgan fingerprint density at radius 2 is 1.76 bits per heavy atom. The van der Waals surface area contributed by atoms with Gasteiger partial charge in [-0.2, -0.15) is 0 Å². The van der Waals surface area contributed by atoms with Crippen molar-refractivity contribution >= 4 is 5.78 Å². The maximum absolute atomic E-state index is 11.2. The number of rotatable bonds is 4. The third kappa shape index (κ3) is 3.39. The monoisotopic (exact) mass is 298 g/mol. The summed E-state index contributed by atoms with van der Waals surface area (Å²) in [5.74, 6) is 0.235. The lowest BCUT2D eigenvalue weighted by Crippen LogP contribution is -2.60. The number of hydrogen-bond acceptors (Lipinski definition) is 7. The van der Waals surface area contributed by atoms with Crippen LogP contribution in [0.5, 0.6) is 5.75 Å². The van der Waals surface area contributed by atoms with Crippen molar-refractivity contribution in [2.24, 2.45) is 0 Å². The van der Waals surface area contributed by atoms with E-state index >= 15 is 0 Å². The van der Waals surface area contributed by atoms with Crippen molar-refractivity contribution in [2.45, 2.75) is 37.6 Å². The first kappa shape index (κ1) is 15.9. The van der Waals surface area contributed by atoms with Crippen LogP contribution < -0.4 is 4.74 Å². The number of ketones is 1. The molecule has 7 nitrogen and oxygen atoms in total. The smallest absolute Gasteiger partial charge is 0.229 e. The molecule has 1 fully saturated rings. The SMILES string of the molecule is CC(=O)c1ccc(O[C@@H]2O[C@@H](CO)[C@@H](O)[C@@H](O)[C@H]2O)cc1. The van der Waals surface area contributed by atoms with E-state index in [1.807, 2.05) is 0 Å². The fraction of sp³-hybridized carbons (Fsp3) is 0.500. The number of Topliss-reactive ketones (excluding diaryl/α,β-unsaturated/α-hetero) is 1. The first-order valence-electron chi connectivity index (χ1n) is 6.52. The molecule has 0 radical (unpaired) electrons. The van der Waals surface area contributed by atoms with Crippen molar-refractivity contribution in [3.63, 3.8) is 0 Å². The molecule has 0 spiro atoms. The first-order valence-corrected chi connectivity index (χ1v) is 6.52. The summed E-state index contributed by atoms with van der Waals surface area (Å²) in [6.07, 6.45) is -6.63. The molecule has 0 aliphatic carbocycles. The van der Waals surface area contributed by atoms with Crippen molar-refractivity contribution in [1.29, 1.82) is 0 Å². The second-order valence-corrected chi connectivity index (χ2v) is 4.90. The van der Waals surface area contributed by atoms with E-state index in [9.17, 15) is 20.1 Å². The number of aliphatic hydroxyl groups excluding tert-OH is 4. The molecule has 4 N–H and O–H groups in total. The summed E-state index contributed by atoms with van der Waals surface area (Å²) in [7, 11) is 0. The van der Waals surface area contributed by atoms with Gasteiger partial charge in [0, 0.05) is 5.56 Å². The van der Waals surface area contributed by atoms with Gasteiger partial charge in [-0.3, -0.25) is 4.79 Å². The van der Waals surface area contributed by atoms with Gasteiger partial charge in [0.25, 0.3) is 0 Å². The highest BCUT2D eigenvalue weighted by molar-refractivity contribution is 5.94. The standard InChI is InChI=1S/C14H18O7/c1-7(16)8-2-4-9(5-3-8)20-14-13(19)12(18)11(17)10(6-15)21-14/h2-5,10-15,17-19H,6H2,1H3/t10-,11+,12+,13+,14+/m0/s1. The predicted molar refractivity (Wildman–Crippen MR) is 70.8 cm³/mol. The van der Waals surface area contributed by atoms with Crippen molar-refractivity contribution in [3.8, 4) is 5.75 Å². The molecule has 1 saturated heterocycles. The van der Waals surface area contributed by atoms with E-state index in [0.29, 0.717) is 11.3 Å². The quantitative estimate of drug-likeness (QED) is 0.530. The third-order valence-corrected chi connectivity index (χ3v) is 3.36. The van der Waals surface area contributed by atoms with Gasteiger partial charge in [0.15, 0.2) is 5.78 Å². The summed E-state index contributed by atoms with van der Waals surface area (Å²) < 4.78 is 10.6. The zero-order valence-electron chi connectivity index (χ0n) is 11.4. The lowest BCUT2D eigenvalue weighted by molar-refractivity contribution is -0.277. The van der Waals surface area contributed by atoms with Gasteiger partial charge in [-0.1, -0.05) is 0 Å². The molecule has 5 atom stereocenters. The summed E-state index contributed by atoms with van der Waals surface area (Å²) >= 11 is 0. The van der Waals surface area contributed by atoms with Crippen molar-refractivity contribution in [2.75, 3.05) is 6.61 Å². The Morgan fingerprint density at radius 3 is 2.29 bits per heavy atom. The van der Waals surface area contributed by atoms with E-state index in [4.69, 9.17) is 14.6 Å². The van der Waals surface area contributed by atoms with Crippen molar-refractivity contribution in [3.05, 3.63) is 29.8 Å². The number of benzene rings is 1. The minimum absolute atomic E-state index is 0.0885. The van der Waals surface area contributed by atoms with Gasteiger partial charge < -0.3 is 29.9 Å². The Hall–Kier alpha value is -1.51. The molecular formula is C14H18O7. The van der Waals surface area contributed by atoms with Crippen LogP contribution in [0.2, 0.25) is 0 Å². The Kier molecular flexibility index (Phi) is 4.92. The lowest BCUT2D eigenvalue weighted by Gasteiger charge is -2.39. The average Bonchev–Trinajstić information content (AvgIpc) is 2.48. The first-order chi connectivity index (χ1) is 9.93. The Morgan fingerprint density at radius 1 is 1.14 bits per heavy atom. The van der Waals surface area contributed by atoms with Gasteiger partial charge in [0.2, 0.25) is 6.29 Å². The normalized spacial score (nSPS) is 32.7. The van der Waals surface area contributed by atoms with E-state index in [1.165, 1.54) is 19.1 Å². The number of carbonyl (C=O) groups excluding carboxylic acids is 1. The Balaban J connectivity index is 2.08. The summed E-state index contributed by atoms with van der Waals surface area (Å²) in [5.41, 5.74) is 0.510. The zero-order valence-corrected chi connectivity index (χ0v) is 11.4. The van der Waals surface area contributed by atoms with Crippen LogP contribution in [-0.4, -0.2) is 63.5 Å². The molecule has 0 aromatic heterocycles. The molecule has 0 amide bonds. The van der Waals surface area contributed by atoms with Crippen LogP contribution in [0.25, 0.3) is 0 Å². The van der Waals surface area contributed by atoms with Crippen molar-refractivity contribution < 1.29 is 34.7 Å². The van der Waals surface area contributed by atoms with Crippen LogP contribution in [0.3, 0.4) is 0 Å². The molecule has 0 unspecified atom stereocenters. The van der Waals surface area contributed by atoms with Gasteiger partial charge >= 0.3 is 0 Å². The molecule has 0 bridgehead atoms. The highest BCUT2D eigenvalue weighted by atomic mass is 16.7. The van der Waals surface area contributed by atoms with Crippen LogP contribution in [0.15, 0.2) is 24.3 Å². The van der Waals surface area contributed by atoms with Crippen LogP contribution in [-0.2, 0) is 4.74 Å². The van der Waals surface area contributed by atoms with Crippen LogP contribution in [0, 0.1) is 0 Å². The summed E-state index contributed by atoms with van der Waals surface area (Å²) in [6.45, 7) is 0.918. The largest absolute Gasteiger partial charge is 0.462 e.